The minimum absolute atomic E-state index is 0.138. The number of aliphatic hydroxyl groups excluding tert-OH is 2. The SMILES string of the molecule is CC(C)(NCc1cccc2c(SCCO)c3ccccc3cc12)C(O)O. The molecule has 26 heavy (non-hydrogen) atoms. The zero-order valence-corrected chi connectivity index (χ0v) is 15.9. The molecular weight excluding hydrogens is 346 g/mol. The van der Waals surface area contributed by atoms with Crippen LogP contribution in [0.2, 0.25) is 0 Å². The van der Waals surface area contributed by atoms with E-state index in [0.29, 0.717) is 12.3 Å². The second-order valence-corrected chi connectivity index (χ2v) is 8.07. The van der Waals surface area contributed by atoms with Crippen LogP contribution in [0.5, 0.6) is 0 Å². The van der Waals surface area contributed by atoms with E-state index < -0.39 is 11.8 Å². The first-order valence-corrected chi connectivity index (χ1v) is 9.71. The number of aliphatic hydroxyl groups is 3. The molecule has 0 atom stereocenters. The summed E-state index contributed by atoms with van der Waals surface area (Å²) in [6.45, 7) is 4.20. The lowest BCUT2D eigenvalue weighted by Crippen LogP contribution is -2.49. The van der Waals surface area contributed by atoms with E-state index in [1.165, 1.54) is 10.3 Å². The molecule has 0 amide bonds. The van der Waals surface area contributed by atoms with Crippen LogP contribution < -0.4 is 5.32 Å². The molecule has 0 aliphatic heterocycles. The average Bonchev–Trinajstić information content (AvgIpc) is 2.63. The van der Waals surface area contributed by atoms with Gasteiger partial charge in [0.1, 0.15) is 0 Å². The molecule has 0 saturated carbocycles. The monoisotopic (exact) mass is 371 g/mol. The summed E-state index contributed by atoms with van der Waals surface area (Å²) >= 11 is 1.67. The van der Waals surface area contributed by atoms with Crippen molar-refractivity contribution in [1.82, 2.24) is 5.32 Å². The van der Waals surface area contributed by atoms with Crippen LogP contribution in [-0.4, -0.2) is 39.5 Å². The van der Waals surface area contributed by atoms with E-state index >= 15 is 0 Å². The van der Waals surface area contributed by atoms with Crippen molar-refractivity contribution in [2.24, 2.45) is 0 Å². The van der Waals surface area contributed by atoms with Gasteiger partial charge in [0.05, 0.1) is 12.1 Å². The van der Waals surface area contributed by atoms with E-state index in [2.05, 4.69) is 35.6 Å². The minimum Gasteiger partial charge on any atom is -0.396 e. The Morgan fingerprint density at radius 2 is 1.73 bits per heavy atom. The second kappa shape index (κ2) is 7.94. The maximum absolute atomic E-state index is 9.52. The molecule has 0 bridgehead atoms. The molecule has 5 heteroatoms. The summed E-state index contributed by atoms with van der Waals surface area (Å²) in [6, 6.07) is 16.7. The number of nitrogens with one attached hydrogen (secondary N) is 1. The fourth-order valence-corrected chi connectivity index (χ4v) is 3.95. The summed E-state index contributed by atoms with van der Waals surface area (Å²) in [4.78, 5) is 1.18. The molecule has 3 aromatic rings. The molecular formula is C21H25NO3S. The molecule has 4 nitrogen and oxygen atoms in total. The third-order valence-electron chi connectivity index (χ3n) is 4.66. The summed E-state index contributed by atoms with van der Waals surface area (Å²) in [6.07, 6.45) is -1.44. The zero-order chi connectivity index (χ0) is 18.7. The number of hydrogen-bond acceptors (Lipinski definition) is 5. The number of fused-ring (bicyclic) bond motifs is 2. The Labute approximate surface area is 157 Å². The largest absolute Gasteiger partial charge is 0.396 e. The lowest BCUT2D eigenvalue weighted by atomic mass is 9.98. The topological polar surface area (TPSA) is 72.7 Å². The van der Waals surface area contributed by atoms with Gasteiger partial charge in [-0.3, -0.25) is 0 Å². The van der Waals surface area contributed by atoms with Crippen molar-refractivity contribution in [2.45, 2.75) is 37.1 Å². The number of rotatable bonds is 7. The van der Waals surface area contributed by atoms with E-state index in [4.69, 9.17) is 0 Å². The predicted octanol–water partition coefficient (Wildman–Crippen LogP) is 3.26. The van der Waals surface area contributed by atoms with Gasteiger partial charge >= 0.3 is 0 Å². The highest BCUT2D eigenvalue weighted by molar-refractivity contribution is 7.99. The van der Waals surface area contributed by atoms with Crippen LogP contribution in [0.25, 0.3) is 21.5 Å². The number of thioether (sulfide) groups is 1. The lowest BCUT2D eigenvalue weighted by Gasteiger charge is -2.28. The van der Waals surface area contributed by atoms with Gasteiger partial charge in [0.15, 0.2) is 6.29 Å². The smallest absolute Gasteiger partial charge is 0.169 e. The highest BCUT2D eigenvalue weighted by Gasteiger charge is 2.25. The van der Waals surface area contributed by atoms with Gasteiger partial charge in [0, 0.05) is 17.2 Å². The summed E-state index contributed by atoms with van der Waals surface area (Å²) in [5.41, 5.74) is 0.306. The van der Waals surface area contributed by atoms with Crippen molar-refractivity contribution < 1.29 is 15.3 Å². The van der Waals surface area contributed by atoms with Gasteiger partial charge in [-0.15, -0.1) is 11.8 Å². The normalized spacial score (nSPS) is 12.4. The van der Waals surface area contributed by atoms with Crippen LogP contribution in [0.4, 0.5) is 0 Å². The van der Waals surface area contributed by atoms with Gasteiger partial charge in [0.25, 0.3) is 0 Å². The van der Waals surface area contributed by atoms with E-state index in [-0.39, 0.29) is 6.61 Å². The molecule has 0 aromatic heterocycles. The first kappa shape index (κ1) is 19.1. The molecule has 0 saturated heterocycles. The highest BCUT2D eigenvalue weighted by atomic mass is 32.2. The molecule has 0 aliphatic carbocycles. The minimum atomic E-state index is -1.44. The van der Waals surface area contributed by atoms with Crippen LogP contribution in [0.1, 0.15) is 19.4 Å². The van der Waals surface area contributed by atoms with Crippen molar-refractivity contribution >= 4 is 33.3 Å². The Morgan fingerprint density at radius 1 is 1.00 bits per heavy atom. The summed E-state index contributed by atoms with van der Waals surface area (Å²) in [5.74, 6) is 0.648. The van der Waals surface area contributed by atoms with Crippen molar-refractivity contribution in [2.75, 3.05) is 12.4 Å². The van der Waals surface area contributed by atoms with Crippen molar-refractivity contribution in [3.8, 4) is 0 Å². The van der Waals surface area contributed by atoms with Crippen LogP contribution in [0.3, 0.4) is 0 Å². The highest BCUT2D eigenvalue weighted by Crippen LogP contribution is 2.37. The quantitative estimate of drug-likeness (QED) is 0.291. The maximum atomic E-state index is 9.52. The fraction of sp³-hybridized carbons (Fsp3) is 0.333. The van der Waals surface area contributed by atoms with Gasteiger partial charge in [-0.05, 0) is 47.0 Å². The van der Waals surface area contributed by atoms with E-state index in [1.807, 2.05) is 18.2 Å². The van der Waals surface area contributed by atoms with Gasteiger partial charge in [-0.2, -0.15) is 0 Å². The van der Waals surface area contributed by atoms with Gasteiger partial charge in [0.2, 0.25) is 0 Å². The molecule has 0 spiro atoms. The second-order valence-electron chi connectivity index (χ2n) is 6.96. The molecule has 0 unspecified atom stereocenters. The Balaban J connectivity index is 2.10. The summed E-state index contributed by atoms with van der Waals surface area (Å²) in [5, 5.41) is 36.2. The molecule has 0 aliphatic rings. The van der Waals surface area contributed by atoms with Crippen LogP contribution in [0, 0.1) is 0 Å². The molecule has 138 valence electrons. The molecule has 0 heterocycles. The standard InChI is InChI=1S/C21H25NO3S/c1-21(2,20(24)25)22-13-15-7-5-9-17-18(15)12-14-6-3-4-8-16(14)19(17)26-11-10-23/h3-9,12,20,22-25H,10-11,13H2,1-2H3. The molecule has 4 N–H and O–H groups in total. The first-order valence-electron chi connectivity index (χ1n) is 8.72. The lowest BCUT2D eigenvalue weighted by molar-refractivity contribution is -0.0973. The molecule has 3 aromatic carbocycles. The molecule has 0 radical (unpaired) electrons. The predicted molar refractivity (Wildman–Crippen MR) is 108 cm³/mol. The van der Waals surface area contributed by atoms with E-state index in [0.717, 1.165) is 21.7 Å². The number of hydrogen-bond donors (Lipinski definition) is 4. The van der Waals surface area contributed by atoms with E-state index in [9.17, 15) is 15.3 Å². The van der Waals surface area contributed by atoms with Gasteiger partial charge in [-0.1, -0.05) is 42.5 Å². The van der Waals surface area contributed by atoms with Gasteiger partial charge in [-0.25, -0.2) is 0 Å². The molecule has 0 fully saturated rings. The third-order valence-corrected chi connectivity index (χ3v) is 5.78. The fourth-order valence-electron chi connectivity index (χ4n) is 2.98. The summed E-state index contributed by atoms with van der Waals surface area (Å²) < 4.78 is 0. The van der Waals surface area contributed by atoms with Crippen molar-refractivity contribution in [1.29, 1.82) is 0 Å². The Morgan fingerprint density at radius 3 is 2.46 bits per heavy atom. The van der Waals surface area contributed by atoms with Crippen LogP contribution >= 0.6 is 11.8 Å². The van der Waals surface area contributed by atoms with Crippen LogP contribution in [-0.2, 0) is 6.54 Å². The Kier molecular flexibility index (Phi) is 5.85. The average molecular weight is 372 g/mol. The summed E-state index contributed by atoms with van der Waals surface area (Å²) in [7, 11) is 0. The maximum Gasteiger partial charge on any atom is 0.169 e. The molecule has 3 rings (SSSR count). The zero-order valence-electron chi connectivity index (χ0n) is 15.1. The van der Waals surface area contributed by atoms with Gasteiger partial charge < -0.3 is 20.6 Å². The van der Waals surface area contributed by atoms with Crippen LogP contribution in [0.15, 0.2) is 53.4 Å². The van der Waals surface area contributed by atoms with Crippen molar-refractivity contribution in [3.63, 3.8) is 0 Å². The Hall–Kier alpha value is -1.63. The van der Waals surface area contributed by atoms with Crippen molar-refractivity contribution in [3.05, 3.63) is 54.1 Å². The third kappa shape index (κ3) is 3.87. The first-order chi connectivity index (χ1) is 12.4. The van der Waals surface area contributed by atoms with E-state index in [1.54, 1.807) is 25.6 Å². The Bertz CT molecular complexity index is 908. The number of benzene rings is 3.